The molecule has 1 aliphatic rings. The minimum absolute atomic E-state index is 0.0519. The first kappa shape index (κ1) is 16.9. The van der Waals surface area contributed by atoms with Crippen LogP contribution in [0.2, 0.25) is 0 Å². The molecule has 0 N–H and O–H groups in total. The Balaban J connectivity index is 2.15. The molecule has 0 aromatic carbocycles. The van der Waals surface area contributed by atoms with Gasteiger partial charge in [0.25, 0.3) is 0 Å². The molecule has 22 heavy (non-hydrogen) atoms. The summed E-state index contributed by atoms with van der Waals surface area (Å²) in [7, 11) is -3.57. The van der Waals surface area contributed by atoms with E-state index in [1.807, 2.05) is 13.8 Å². The van der Waals surface area contributed by atoms with Gasteiger partial charge in [-0.05, 0) is 38.8 Å². The number of carbonyl (C=O) groups excluding carboxylic acids is 1. The Morgan fingerprint density at radius 3 is 2.73 bits per heavy atom. The van der Waals surface area contributed by atoms with Crippen LogP contribution in [0.1, 0.15) is 26.7 Å². The van der Waals surface area contributed by atoms with Crippen molar-refractivity contribution in [3.05, 3.63) is 24.5 Å². The third-order valence-corrected chi connectivity index (χ3v) is 5.93. The van der Waals surface area contributed by atoms with Crippen LogP contribution in [0.3, 0.4) is 0 Å². The second kappa shape index (κ2) is 7.19. The molecule has 1 aromatic heterocycles. The SMILES string of the molecule is CCN(CC)C(=O)C1CCCN(S(=O)(=O)c2cccnc2)C1. The molecule has 0 saturated carbocycles. The molecule has 1 fully saturated rings. The lowest BCUT2D eigenvalue weighted by Gasteiger charge is -2.33. The molecule has 0 bridgehead atoms. The van der Waals surface area contributed by atoms with Crippen LogP contribution in [0, 0.1) is 5.92 Å². The minimum atomic E-state index is -3.57. The average molecular weight is 325 g/mol. The standard InChI is InChI=1S/C15H23N3O3S/c1-3-17(4-2)15(19)13-7-6-10-18(12-13)22(20,21)14-8-5-9-16-11-14/h5,8-9,11,13H,3-4,6-7,10,12H2,1-2H3. The molecule has 2 heterocycles. The van der Waals surface area contributed by atoms with Gasteiger partial charge in [-0.3, -0.25) is 9.78 Å². The summed E-state index contributed by atoms with van der Waals surface area (Å²) >= 11 is 0. The summed E-state index contributed by atoms with van der Waals surface area (Å²) in [5, 5.41) is 0. The van der Waals surface area contributed by atoms with E-state index in [4.69, 9.17) is 0 Å². The van der Waals surface area contributed by atoms with Crippen LogP contribution in [-0.2, 0) is 14.8 Å². The zero-order valence-corrected chi connectivity index (χ0v) is 13.9. The number of sulfonamides is 1. The lowest BCUT2D eigenvalue weighted by atomic mass is 9.98. The third kappa shape index (κ3) is 3.47. The van der Waals surface area contributed by atoms with Crippen LogP contribution in [0.5, 0.6) is 0 Å². The summed E-state index contributed by atoms with van der Waals surface area (Å²) in [4.78, 5) is 18.3. The van der Waals surface area contributed by atoms with Gasteiger partial charge in [0.05, 0.1) is 5.92 Å². The van der Waals surface area contributed by atoms with Gasteiger partial charge in [0.2, 0.25) is 15.9 Å². The van der Waals surface area contributed by atoms with Gasteiger partial charge in [0.15, 0.2) is 0 Å². The maximum Gasteiger partial charge on any atom is 0.244 e. The van der Waals surface area contributed by atoms with Gasteiger partial charge >= 0.3 is 0 Å². The van der Waals surface area contributed by atoms with Crippen LogP contribution < -0.4 is 0 Å². The Hall–Kier alpha value is -1.47. The predicted molar refractivity (Wildman–Crippen MR) is 83.6 cm³/mol. The third-order valence-electron chi connectivity index (χ3n) is 4.08. The van der Waals surface area contributed by atoms with Crippen LogP contribution >= 0.6 is 0 Å². The van der Waals surface area contributed by atoms with E-state index in [0.29, 0.717) is 26.1 Å². The van der Waals surface area contributed by atoms with Crippen molar-refractivity contribution >= 4 is 15.9 Å². The first-order valence-electron chi connectivity index (χ1n) is 7.69. The first-order chi connectivity index (χ1) is 10.5. The molecule has 122 valence electrons. The molecule has 1 aromatic rings. The molecule has 1 unspecified atom stereocenters. The summed E-state index contributed by atoms with van der Waals surface area (Å²) in [5.74, 6) is -0.198. The summed E-state index contributed by atoms with van der Waals surface area (Å²) in [6.45, 7) is 5.90. The second-order valence-corrected chi connectivity index (χ2v) is 7.34. The Labute approximate surface area is 132 Å². The van der Waals surface area contributed by atoms with Gasteiger partial charge in [0, 0.05) is 38.6 Å². The van der Waals surface area contributed by atoms with Gasteiger partial charge in [-0.2, -0.15) is 4.31 Å². The fourth-order valence-corrected chi connectivity index (χ4v) is 4.29. The number of hydrogen-bond donors (Lipinski definition) is 0. The summed E-state index contributed by atoms with van der Waals surface area (Å²) in [5.41, 5.74) is 0. The first-order valence-corrected chi connectivity index (χ1v) is 9.13. The Morgan fingerprint density at radius 2 is 2.14 bits per heavy atom. The minimum Gasteiger partial charge on any atom is -0.343 e. The number of rotatable bonds is 5. The van der Waals surface area contributed by atoms with Crippen LogP contribution in [0.15, 0.2) is 29.4 Å². The number of pyridine rings is 1. The van der Waals surface area contributed by atoms with Crippen molar-refractivity contribution in [2.45, 2.75) is 31.6 Å². The van der Waals surface area contributed by atoms with E-state index >= 15 is 0 Å². The highest BCUT2D eigenvalue weighted by molar-refractivity contribution is 7.89. The number of carbonyl (C=O) groups is 1. The lowest BCUT2D eigenvalue weighted by Crippen LogP contribution is -2.46. The molecule has 1 amide bonds. The van der Waals surface area contributed by atoms with E-state index < -0.39 is 10.0 Å². The van der Waals surface area contributed by atoms with Crippen molar-refractivity contribution < 1.29 is 13.2 Å². The topological polar surface area (TPSA) is 70.6 Å². The number of nitrogens with zero attached hydrogens (tertiary/aromatic N) is 3. The molecule has 1 saturated heterocycles. The molecule has 1 atom stereocenters. The van der Waals surface area contributed by atoms with Gasteiger partial charge in [-0.25, -0.2) is 8.42 Å². The van der Waals surface area contributed by atoms with Gasteiger partial charge in [-0.1, -0.05) is 0 Å². The number of piperidine rings is 1. The lowest BCUT2D eigenvalue weighted by molar-refractivity contribution is -0.136. The molecule has 1 aliphatic heterocycles. The predicted octanol–water partition coefficient (Wildman–Crippen LogP) is 1.35. The summed E-state index contributed by atoms with van der Waals surface area (Å²) in [6.07, 6.45) is 4.35. The van der Waals surface area contributed by atoms with Crippen molar-refractivity contribution in [2.75, 3.05) is 26.2 Å². The number of aromatic nitrogens is 1. The van der Waals surface area contributed by atoms with Crippen LogP contribution in [-0.4, -0.2) is 54.7 Å². The van der Waals surface area contributed by atoms with Crippen molar-refractivity contribution in [1.82, 2.24) is 14.2 Å². The van der Waals surface area contributed by atoms with Crippen LogP contribution in [0.4, 0.5) is 0 Å². The number of hydrogen-bond acceptors (Lipinski definition) is 4. The number of amides is 1. The molecule has 2 rings (SSSR count). The van der Waals surface area contributed by atoms with E-state index in [1.165, 1.54) is 16.6 Å². The fraction of sp³-hybridized carbons (Fsp3) is 0.600. The maximum atomic E-state index is 12.6. The smallest absolute Gasteiger partial charge is 0.244 e. The van der Waals surface area contributed by atoms with E-state index in [0.717, 1.165) is 6.42 Å². The second-order valence-electron chi connectivity index (χ2n) is 5.40. The fourth-order valence-electron chi connectivity index (χ4n) is 2.80. The maximum absolute atomic E-state index is 12.6. The zero-order valence-electron chi connectivity index (χ0n) is 13.1. The van der Waals surface area contributed by atoms with Gasteiger partial charge < -0.3 is 4.90 Å². The van der Waals surface area contributed by atoms with E-state index in [-0.39, 0.29) is 23.3 Å². The Kier molecular flexibility index (Phi) is 5.52. The highest BCUT2D eigenvalue weighted by Gasteiger charge is 2.34. The summed E-state index contributed by atoms with van der Waals surface area (Å²) < 4.78 is 26.7. The van der Waals surface area contributed by atoms with Gasteiger partial charge in [-0.15, -0.1) is 0 Å². The van der Waals surface area contributed by atoms with E-state index in [9.17, 15) is 13.2 Å². The molecule has 0 spiro atoms. The van der Waals surface area contributed by atoms with E-state index in [2.05, 4.69) is 4.98 Å². The normalized spacial score (nSPS) is 19.8. The molecule has 0 radical (unpaired) electrons. The van der Waals surface area contributed by atoms with Crippen molar-refractivity contribution in [2.24, 2.45) is 5.92 Å². The largest absolute Gasteiger partial charge is 0.343 e. The van der Waals surface area contributed by atoms with E-state index in [1.54, 1.807) is 17.2 Å². The highest BCUT2D eigenvalue weighted by Crippen LogP contribution is 2.24. The highest BCUT2D eigenvalue weighted by atomic mass is 32.2. The quantitative estimate of drug-likeness (QED) is 0.819. The molecule has 0 aliphatic carbocycles. The average Bonchev–Trinajstić information content (AvgIpc) is 2.57. The molecule has 6 nitrogen and oxygen atoms in total. The molecular formula is C15H23N3O3S. The Bertz CT molecular complexity index is 600. The summed E-state index contributed by atoms with van der Waals surface area (Å²) in [6, 6.07) is 3.15. The zero-order chi connectivity index (χ0) is 16.2. The van der Waals surface area contributed by atoms with Crippen molar-refractivity contribution in [3.8, 4) is 0 Å². The Morgan fingerprint density at radius 1 is 1.41 bits per heavy atom. The van der Waals surface area contributed by atoms with Crippen molar-refractivity contribution in [3.63, 3.8) is 0 Å². The van der Waals surface area contributed by atoms with Crippen LogP contribution in [0.25, 0.3) is 0 Å². The molecular weight excluding hydrogens is 302 g/mol. The monoisotopic (exact) mass is 325 g/mol. The molecule has 7 heteroatoms. The van der Waals surface area contributed by atoms with Crippen molar-refractivity contribution in [1.29, 1.82) is 0 Å². The van der Waals surface area contributed by atoms with Gasteiger partial charge in [0.1, 0.15) is 4.90 Å².